The van der Waals surface area contributed by atoms with E-state index in [1.807, 2.05) is 6.08 Å². The van der Waals surface area contributed by atoms with Crippen molar-refractivity contribution in [2.45, 2.75) is 13.3 Å². The lowest BCUT2D eigenvalue weighted by atomic mass is 10.3. The van der Waals surface area contributed by atoms with Gasteiger partial charge in [0, 0.05) is 13.2 Å². The highest BCUT2D eigenvalue weighted by Crippen LogP contribution is 2.27. The molecule has 4 heteroatoms. The van der Waals surface area contributed by atoms with Crippen LogP contribution in [-0.2, 0) is 4.79 Å². The highest BCUT2D eigenvalue weighted by atomic mass is 16.5. The summed E-state index contributed by atoms with van der Waals surface area (Å²) in [4.78, 5) is 16.6. The molecule has 0 radical (unpaired) electrons. The van der Waals surface area contributed by atoms with E-state index >= 15 is 0 Å². The van der Waals surface area contributed by atoms with E-state index < -0.39 is 0 Å². The van der Waals surface area contributed by atoms with Crippen LogP contribution in [-0.4, -0.2) is 24.5 Å². The molecular formula is C12H16N2O2. The van der Waals surface area contributed by atoms with Crippen LogP contribution in [0.2, 0.25) is 0 Å². The number of hydrogen-bond acceptors (Lipinski definition) is 3. The van der Waals surface area contributed by atoms with Gasteiger partial charge in [0.1, 0.15) is 0 Å². The number of aromatic nitrogens is 1. The average molecular weight is 220 g/mol. The third-order valence-corrected chi connectivity index (χ3v) is 2.08. The number of carbonyl (C=O) groups excluding carboxylic acids is 1. The van der Waals surface area contributed by atoms with E-state index in [1.54, 1.807) is 25.4 Å². The number of anilines is 1. The van der Waals surface area contributed by atoms with Gasteiger partial charge in [0.05, 0.1) is 0 Å². The van der Waals surface area contributed by atoms with Crippen molar-refractivity contribution in [3.05, 3.63) is 31.0 Å². The molecule has 1 aliphatic heterocycles. The molecular weight excluding hydrogens is 204 g/mol. The number of hydrogen-bond donors (Lipinski definition) is 0. The molecule has 0 N–H and O–H groups in total. The maximum atomic E-state index is 11.1. The van der Waals surface area contributed by atoms with Crippen molar-refractivity contribution in [3.8, 4) is 5.75 Å². The van der Waals surface area contributed by atoms with Gasteiger partial charge in [-0.15, -0.1) is 6.58 Å². The summed E-state index contributed by atoms with van der Waals surface area (Å²) in [6, 6.07) is 3.58. The fraction of sp³-hybridized carbons (Fsp3) is 0.333. The summed E-state index contributed by atoms with van der Waals surface area (Å²) >= 11 is 0. The molecule has 1 amide bonds. The van der Waals surface area contributed by atoms with Gasteiger partial charge in [-0.25, -0.2) is 4.98 Å². The first kappa shape index (κ1) is 12.2. The van der Waals surface area contributed by atoms with E-state index in [-0.39, 0.29) is 12.5 Å². The summed E-state index contributed by atoms with van der Waals surface area (Å²) in [6.45, 7) is 5.65. The Balaban J connectivity index is 0.000000280. The average Bonchev–Trinajstić information content (AvgIpc) is 2.35. The monoisotopic (exact) mass is 220 g/mol. The van der Waals surface area contributed by atoms with Crippen LogP contribution in [0.5, 0.6) is 5.75 Å². The van der Waals surface area contributed by atoms with Gasteiger partial charge < -0.3 is 4.74 Å². The van der Waals surface area contributed by atoms with Crippen LogP contribution in [0, 0.1) is 0 Å². The largest absolute Gasteiger partial charge is 0.480 e. The second kappa shape index (κ2) is 5.90. The number of amides is 1. The van der Waals surface area contributed by atoms with Gasteiger partial charge in [0.2, 0.25) is 0 Å². The van der Waals surface area contributed by atoms with Crippen molar-refractivity contribution < 1.29 is 9.53 Å². The first-order valence-electron chi connectivity index (χ1n) is 5.16. The summed E-state index contributed by atoms with van der Waals surface area (Å²) in [5, 5.41) is 0. The van der Waals surface area contributed by atoms with Gasteiger partial charge >= 0.3 is 0 Å². The standard InChI is InChI=1S/C8H8N2O2.C4H8/c1-10-7(11)5-12-6-3-2-4-9-8(6)10;1-3-4-2/h2-4H,5H2,1H3;3H,1,4H2,2H3. The maximum Gasteiger partial charge on any atom is 0.265 e. The molecule has 2 rings (SSSR count). The summed E-state index contributed by atoms with van der Waals surface area (Å²) in [5.41, 5.74) is 0. The molecule has 0 aliphatic carbocycles. The van der Waals surface area contributed by atoms with Crippen molar-refractivity contribution in [2.24, 2.45) is 0 Å². The van der Waals surface area contributed by atoms with Crippen LogP contribution in [0.25, 0.3) is 0 Å². The fourth-order valence-corrected chi connectivity index (χ4v) is 1.10. The fourth-order valence-electron chi connectivity index (χ4n) is 1.10. The smallest absolute Gasteiger partial charge is 0.265 e. The van der Waals surface area contributed by atoms with Gasteiger partial charge in [0.25, 0.3) is 5.91 Å². The van der Waals surface area contributed by atoms with Gasteiger partial charge in [-0.1, -0.05) is 13.0 Å². The molecule has 0 atom stereocenters. The van der Waals surface area contributed by atoms with Crippen LogP contribution in [0.4, 0.5) is 5.82 Å². The number of fused-ring (bicyclic) bond motifs is 1. The van der Waals surface area contributed by atoms with Crippen molar-refractivity contribution >= 4 is 11.7 Å². The highest BCUT2D eigenvalue weighted by Gasteiger charge is 2.22. The number of nitrogens with zero attached hydrogens (tertiary/aromatic N) is 2. The van der Waals surface area contributed by atoms with Gasteiger partial charge in [-0.3, -0.25) is 9.69 Å². The molecule has 0 spiro atoms. The highest BCUT2D eigenvalue weighted by molar-refractivity contribution is 5.95. The molecule has 0 aromatic carbocycles. The number of likely N-dealkylation sites (N-methyl/N-ethyl adjacent to an activating group) is 1. The van der Waals surface area contributed by atoms with Crippen molar-refractivity contribution in [3.63, 3.8) is 0 Å². The number of carbonyl (C=O) groups is 1. The molecule has 1 aromatic heterocycles. The SMILES string of the molecule is C=CCC.CN1C(=O)COc2cccnc21. The first-order chi connectivity index (χ1) is 7.70. The molecule has 1 aromatic rings. The molecule has 0 fully saturated rings. The van der Waals surface area contributed by atoms with E-state index in [0.717, 1.165) is 6.42 Å². The quantitative estimate of drug-likeness (QED) is 0.680. The van der Waals surface area contributed by atoms with Crippen LogP contribution in [0.15, 0.2) is 31.0 Å². The molecule has 0 saturated heterocycles. The lowest BCUT2D eigenvalue weighted by Crippen LogP contribution is -2.36. The minimum absolute atomic E-state index is 0.0683. The maximum absolute atomic E-state index is 11.1. The minimum Gasteiger partial charge on any atom is -0.480 e. The molecule has 1 aliphatic rings. The Morgan fingerprint density at radius 2 is 2.38 bits per heavy atom. The van der Waals surface area contributed by atoms with Crippen LogP contribution >= 0.6 is 0 Å². The topological polar surface area (TPSA) is 42.4 Å². The number of ether oxygens (including phenoxy) is 1. The number of pyridine rings is 1. The Hall–Kier alpha value is -1.84. The summed E-state index contributed by atoms with van der Waals surface area (Å²) in [5.74, 6) is 1.19. The molecule has 2 heterocycles. The van der Waals surface area contributed by atoms with Crippen LogP contribution in [0.1, 0.15) is 13.3 Å². The molecule has 4 nitrogen and oxygen atoms in total. The summed E-state index contributed by atoms with van der Waals surface area (Å²) < 4.78 is 5.15. The Morgan fingerprint density at radius 1 is 1.69 bits per heavy atom. The zero-order valence-electron chi connectivity index (χ0n) is 9.64. The van der Waals surface area contributed by atoms with E-state index in [9.17, 15) is 4.79 Å². The van der Waals surface area contributed by atoms with Gasteiger partial charge in [0.15, 0.2) is 18.2 Å². The second-order valence-corrected chi connectivity index (χ2v) is 3.26. The van der Waals surface area contributed by atoms with Crippen molar-refractivity contribution in [2.75, 3.05) is 18.6 Å². The zero-order valence-corrected chi connectivity index (χ0v) is 9.64. The van der Waals surface area contributed by atoms with Gasteiger partial charge in [-0.2, -0.15) is 0 Å². The third-order valence-electron chi connectivity index (χ3n) is 2.08. The predicted molar refractivity (Wildman–Crippen MR) is 63.6 cm³/mol. The van der Waals surface area contributed by atoms with E-state index in [4.69, 9.17) is 4.74 Å². The van der Waals surface area contributed by atoms with Gasteiger partial charge in [-0.05, 0) is 18.6 Å². The Morgan fingerprint density at radius 3 is 3.00 bits per heavy atom. The molecule has 16 heavy (non-hydrogen) atoms. The predicted octanol–water partition coefficient (Wildman–Crippen LogP) is 2.02. The second-order valence-electron chi connectivity index (χ2n) is 3.26. The normalized spacial score (nSPS) is 13.1. The Labute approximate surface area is 95.6 Å². The lowest BCUT2D eigenvalue weighted by molar-refractivity contribution is -0.121. The first-order valence-corrected chi connectivity index (χ1v) is 5.16. The number of allylic oxidation sites excluding steroid dienone is 1. The molecule has 86 valence electrons. The van der Waals surface area contributed by atoms with Crippen molar-refractivity contribution in [1.29, 1.82) is 0 Å². The molecule has 0 saturated carbocycles. The Bertz CT molecular complexity index is 377. The summed E-state index contributed by atoms with van der Waals surface area (Å²) in [6.07, 6.45) is 4.59. The van der Waals surface area contributed by atoms with E-state index in [2.05, 4.69) is 18.5 Å². The summed E-state index contributed by atoms with van der Waals surface area (Å²) in [7, 11) is 1.69. The molecule has 0 unspecified atom stereocenters. The van der Waals surface area contributed by atoms with E-state index in [0.29, 0.717) is 11.6 Å². The lowest BCUT2D eigenvalue weighted by Gasteiger charge is -2.23. The Kier molecular flexibility index (Phi) is 4.51. The third kappa shape index (κ3) is 2.82. The van der Waals surface area contributed by atoms with E-state index in [1.165, 1.54) is 4.90 Å². The van der Waals surface area contributed by atoms with Crippen LogP contribution in [0.3, 0.4) is 0 Å². The number of rotatable bonds is 1. The minimum atomic E-state index is -0.0683. The zero-order chi connectivity index (χ0) is 12.0. The molecule has 0 bridgehead atoms. The van der Waals surface area contributed by atoms with Crippen LogP contribution < -0.4 is 9.64 Å². The van der Waals surface area contributed by atoms with Crippen molar-refractivity contribution in [1.82, 2.24) is 4.98 Å².